The number of aromatic hydroxyl groups is 2. The summed E-state index contributed by atoms with van der Waals surface area (Å²) in [6.45, 7) is 0. The van der Waals surface area contributed by atoms with Gasteiger partial charge in [0.1, 0.15) is 11.5 Å². The van der Waals surface area contributed by atoms with Crippen molar-refractivity contribution in [3.05, 3.63) is 59.1 Å². The molecule has 0 spiro atoms. The fourth-order valence-corrected chi connectivity index (χ4v) is 1.71. The first kappa shape index (κ1) is 14.0. The SMILES string of the molecule is O=C(/C=C/c1ccc(O)cc1)Nc1cc(Cl)ccc1O. The zero-order chi connectivity index (χ0) is 14.5. The minimum absolute atomic E-state index is 0.0548. The highest BCUT2D eigenvalue weighted by Crippen LogP contribution is 2.26. The van der Waals surface area contributed by atoms with Crippen molar-refractivity contribution in [2.24, 2.45) is 0 Å². The van der Waals surface area contributed by atoms with Crippen molar-refractivity contribution in [2.75, 3.05) is 5.32 Å². The van der Waals surface area contributed by atoms with Crippen molar-refractivity contribution in [2.45, 2.75) is 0 Å². The Morgan fingerprint density at radius 2 is 1.80 bits per heavy atom. The first-order valence-corrected chi connectivity index (χ1v) is 6.19. The van der Waals surface area contributed by atoms with Gasteiger partial charge in [-0.25, -0.2) is 0 Å². The molecule has 0 atom stereocenters. The van der Waals surface area contributed by atoms with Crippen LogP contribution in [0.15, 0.2) is 48.5 Å². The average molecular weight is 290 g/mol. The van der Waals surface area contributed by atoms with E-state index in [-0.39, 0.29) is 17.2 Å². The molecular formula is C15H12ClNO3. The van der Waals surface area contributed by atoms with E-state index in [1.54, 1.807) is 18.2 Å². The van der Waals surface area contributed by atoms with Crippen LogP contribution in [0.25, 0.3) is 6.08 Å². The van der Waals surface area contributed by atoms with E-state index < -0.39 is 5.91 Å². The Balaban J connectivity index is 2.05. The lowest BCUT2D eigenvalue weighted by Crippen LogP contribution is -2.07. The van der Waals surface area contributed by atoms with E-state index in [0.717, 1.165) is 5.56 Å². The molecule has 2 rings (SSSR count). The maximum absolute atomic E-state index is 11.7. The molecule has 0 heterocycles. The standard InChI is InChI=1S/C15H12ClNO3/c16-11-4-7-14(19)13(9-11)17-15(20)8-3-10-1-5-12(18)6-2-10/h1-9,18-19H,(H,17,20)/b8-3+. The van der Waals surface area contributed by atoms with Crippen LogP contribution < -0.4 is 5.32 Å². The lowest BCUT2D eigenvalue weighted by Gasteiger charge is -2.05. The summed E-state index contributed by atoms with van der Waals surface area (Å²) in [6.07, 6.45) is 2.92. The van der Waals surface area contributed by atoms with Gasteiger partial charge < -0.3 is 15.5 Å². The van der Waals surface area contributed by atoms with Crippen molar-refractivity contribution in [3.8, 4) is 11.5 Å². The molecule has 0 unspecified atom stereocenters. The molecule has 5 heteroatoms. The summed E-state index contributed by atoms with van der Waals surface area (Å²) < 4.78 is 0. The second-order valence-electron chi connectivity index (χ2n) is 4.08. The van der Waals surface area contributed by atoms with E-state index in [2.05, 4.69) is 5.32 Å². The van der Waals surface area contributed by atoms with E-state index in [4.69, 9.17) is 16.7 Å². The number of amides is 1. The van der Waals surface area contributed by atoms with Gasteiger partial charge in [-0.2, -0.15) is 0 Å². The number of phenols is 2. The minimum atomic E-state index is -0.393. The summed E-state index contributed by atoms with van der Waals surface area (Å²) in [5, 5.41) is 21.7. The maximum Gasteiger partial charge on any atom is 0.248 e. The van der Waals surface area contributed by atoms with Gasteiger partial charge in [0.25, 0.3) is 0 Å². The van der Waals surface area contributed by atoms with Gasteiger partial charge in [0.15, 0.2) is 0 Å². The van der Waals surface area contributed by atoms with Crippen LogP contribution in [-0.4, -0.2) is 16.1 Å². The van der Waals surface area contributed by atoms with Gasteiger partial charge in [-0.15, -0.1) is 0 Å². The Hall–Kier alpha value is -2.46. The fourth-order valence-electron chi connectivity index (χ4n) is 1.54. The van der Waals surface area contributed by atoms with Crippen molar-refractivity contribution >= 4 is 29.3 Å². The number of anilines is 1. The van der Waals surface area contributed by atoms with E-state index in [9.17, 15) is 9.90 Å². The molecule has 0 aliphatic heterocycles. The van der Waals surface area contributed by atoms with Gasteiger partial charge in [0.2, 0.25) is 5.91 Å². The third-order valence-corrected chi connectivity index (χ3v) is 2.77. The molecule has 0 bridgehead atoms. The van der Waals surface area contributed by atoms with Gasteiger partial charge in [-0.1, -0.05) is 23.7 Å². The molecule has 0 radical (unpaired) electrons. The molecule has 3 N–H and O–H groups in total. The predicted octanol–water partition coefficient (Wildman–Crippen LogP) is 3.40. The molecule has 0 saturated carbocycles. The summed E-state index contributed by atoms with van der Waals surface area (Å²) in [6, 6.07) is 10.8. The summed E-state index contributed by atoms with van der Waals surface area (Å²) in [5.41, 5.74) is 1.02. The maximum atomic E-state index is 11.7. The quantitative estimate of drug-likeness (QED) is 0.599. The Morgan fingerprint density at radius 1 is 1.10 bits per heavy atom. The second-order valence-corrected chi connectivity index (χ2v) is 4.51. The minimum Gasteiger partial charge on any atom is -0.508 e. The molecule has 0 fully saturated rings. The van der Waals surface area contributed by atoms with Crippen molar-refractivity contribution < 1.29 is 15.0 Å². The molecule has 0 aromatic heterocycles. The fraction of sp³-hybridized carbons (Fsp3) is 0. The Morgan fingerprint density at radius 3 is 2.50 bits per heavy atom. The molecular weight excluding hydrogens is 278 g/mol. The highest BCUT2D eigenvalue weighted by molar-refractivity contribution is 6.31. The first-order chi connectivity index (χ1) is 9.54. The van der Waals surface area contributed by atoms with Gasteiger partial charge in [0.05, 0.1) is 5.69 Å². The summed E-state index contributed by atoms with van der Waals surface area (Å²) in [7, 11) is 0. The zero-order valence-corrected chi connectivity index (χ0v) is 11.1. The average Bonchev–Trinajstić information content (AvgIpc) is 2.42. The topological polar surface area (TPSA) is 69.6 Å². The Bertz CT molecular complexity index is 651. The molecule has 2 aromatic carbocycles. The number of phenolic OH excluding ortho intramolecular Hbond substituents is 2. The predicted molar refractivity (Wildman–Crippen MR) is 78.9 cm³/mol. The van der Waals surface area contributed by atoms with Gasteiger partial charge in [-0.3, -0.25) is 4.79 Å². The number of carbonyl (C=O) groups excluding carboxylic acids is 1. The molecule has 102 valence electrons. The number of benzene rings is 2. The Labute approximate surface area is 120 Å². The summed E-state index contributed by atoms with van der Waals surface area (Å²) in [5.74, 6) is -0.285. The molecule has 0 saturated heterocycles. The lowest BCUT2D eigenvalue weighted by molar-refractivity contribution is -0.111. The molecule has 20 heavy (non-hydrogen) atoms. The molecule has 1 amide bonds. The highest BCUT2D eigenvalue weighted by Gasteiger charge is 2.04. The van der Waals surface area contributed by atoms with Crippen molar-refractivity contribution in [3.63, 3.8) is 0 Å². The highest BCUT2D eigenvalue weighted by atomic mass is 35.5. The third-order valence-electron chi connectivity index (χ3n) is 2.54. The number of rotatable bonds is 3. The smallest absolute Gasteiger partial charge is 0.248 e. The van der Waals surface area contributed by atoms with Crippen LogP contribution in [0.3, 0.4) is 0 Å². The lowest BCUT2D eigenvalue weighted by atomic mass is 10.2. The van der Waals surface area contributed by atoms with E-state index >= 15 is 0 Å². The van der Waals surface area contributed by atoms with Crippen molar-refractivity contribution in [1.29, 1.82) is 0 Å². The van der Waals surface area contributed by atoms with Crippen molar-refractivity contribution in [1.82, 2.24) is 0 Å². The van der Waals surface area contributed by atoms with Gasteiger partial charge in [0, 0.05) is 11.1 Å². The summed E-state index contributed by atoms with van der Waals surface area (Å²) >= 11 is 5.78. The molecule has 2 aromatic rings. The summed E-state index contributed by atoms with van der Waals surface area (Å²) in [4.78, 5) is 11.7. The van der Waals surface area contributed by atoms with Gasteiger partial charge >= 0.3 is 0 Å². The van der Waals surface area contributed by atoms with Crippen LogP contribution in [-0.2, 0) is 4.79 Å². The van der Waals surface area contributed by atoms with E-state index in [1.807, 2.05) is 0 Å². The normalized spacial score (nSPS) is 10.7. The van der Waals surface area contributed by atoms with Crippen LogP contribution >= 0.6 is 11.6 Å². The molecule has 0 aliphatic carbocycles. The number of nitrogens with one attached hydrogen (secondary N) is 1. The molecule has 0 aliphatic rings. The van der Waals surface area contributed by atoms with Gasteiger partial charge in [-0.05, 0) is 42.0 Å². The zero-order valence-electron chi connectivity index (χ0n) is 10.4. The second kappa shape index (κ2) is 6.12. The van der Waals surface area contributed by atoms with Crippen LogP contribution in [0.2, 0.25) is 5.02 Å². The number of carbonyl (C=O) groups is 1. The third kappa shape index (κ3) is 3.76. The number of halogens is 1. The number of hydrogen-bond acceptors (Lipinski definition) is 3. The van der Waals surface area contributed by atoms with Crippen LogP contribution in [0.5, 0.6) is 11.5 Å². The first-order valence-electron chi connectivity index (χ1n) is 5.81. The molecule has 4 nitrogen and oxygen atoms in total. The largest absolute Gasteiger partial charge is 0.508 e. The van der Waals surface area contributed by atoms with Crippen LogP contribution in [0, 0.1) is 0 Å². The monoisotopic (exact) mass is 289 g/mol. The van der Waals surface area contributed by atoms with Crippen LogP contribution in [0.4, 0.5) is 5.69 Å². The van der Waals surface area contributed by atoms with E-state index in [0.29, 0.717) is 5.02 Å². The Kier molecular flexibility index (Phi) is 4.27. The van der Waals surface area contributed by atoms with Crippen LogP contribution in [0.1, 0.15) is 5.56 Å². The number of hydrogen-bond donors (Lipinski definition) is 3. The van der Waals surface area contributed by atoms with E-state index in [1.165, 1.54) is 36.4 Å².